The lowest BCUT2D eigenvalue weighted by atomic mass is 10.2. The van der Waals surface area contributed by atoms with Crippen molar-refractivity contribution in [3.8, 4) is 0 Å². The molecule has 0 heterocycles. The van der Waals surface area contributed by atoms with Crippen molar-refractivity contribution in [1.29, 1.82) is 0 Å². The van der Waals surface area contributed by atoms with Gasteiger partial charge in [-0.3, -0.25) is 0 Å². The number of nitrogens with one attached hydrogen (secondary N) is 1. The first-order valence-corrected chi connectivity index (χ1v) is 6.59. The van der Waals surface area contributed by atoms with Crippen molar-refractivity contribution in [2.24, 2.45) is 5.92 Å². The smallest absolute Gasteiger partial charge is 0.0717 e. The molecule has 0 spiro atoms. The molecule has 0 amide bonds. The predicted molar refractivity (Wildman–Crippen MR) is 73.4 cm³/mol. The van der Waals surface area contributed by atoms with Crippen LogP contribution in [-0.4, -0.2) is 19.7 Å². The Kier molecular flexibility index (Phi) is 7.25. The summed E-state index contributed by atoms with van der Waals surface area (Å²) in [5.74, 6) is 0.711. The van der Waals surface area contributed by atoms with Crippen LogP contribution in [0.5, 0.6) is 0 Å². The minimum atomic E-state index is 0.644. The molecule has 0 fully saturated rings. The number of halogens is 1. The van der Waals surface area contributed by atoms with Crippen LogP contribution in [-0.2, 0) is 11.3 Å². The molecule has 1 aromatic rings. The molecule has 0 aliphatic rings. The van der Waals surface area contributed by atoms with E-state index >= 15 is 0 Å². The van der Waals surface area contributed by atoms with Crippen LogP contribution in [0, 0.1) is 5.92 Å². The van der Waals surface area contributed by atoms with Gasteiger partial charge in [-0.25, -0.2) is 0 Å². The fourth-order valence-corrected chi connectivity index (χ4v) is 1.72. The zero-order chi connectivity index (χ0) is 12.5. The second-order valence-electron chi connectivity index (χ2n) is 4.63. The van der Waals surface area contributed by atoms with Crippen LogP contribution in [0.3, 0.4) is 0 Å². The lowest BCUT2D eigenvalue weighted by Gasteiger charge is -2.08. The summed E-state index contributed by atoms with van der Waals surface area (Å²) in [6.45, 7) is 7.95. The van der Waals surface area contributed by atoms with Gasteiger partial charge in [-0.1, -0.05) is 37.6 Å². The normalized spacial score (nSPS) is 11.1. The fourth-order valence-electron chi connectivity index (χ4n) is 1.51. The maximum absolute atomic E-state index is 5.89. The van der Waals surface area contributed by atoms with Crippen molar-refractivity contribution in [2.45, 2.75) is 26.9 Å². The Bertz CT molecular complexity index is 315. The highest BCUT2D eigenvalue weighted by molar-refractivity contribution is 6.30. The second kappa shape index (κ2) is 8.51. The topological polar surface area (TPSA) is 21.3 Å². The summed E-state index contributed by atoms with van der Waals surface area (Å²) in [5, 5.41) is 4.16. The summed E-state index contributed by atoms with van der Waals surface area (Å²) in [6.07, 6.45) is 1.05. The summed E-state index contributed by atoms with van der Waals surface area (Å²) in [5.41, 5.74) is 1.13. The van der Waals surface area contributed by atoms with E-state index in [0.29, 0.717) is 12.5 Å². The molecule has 1 rings (SSSR count). The highest BCUT2D eigenvalue weighted by Crippen LogP contribution is 2.11. The van der Waals surface area contributed by atoms with Crippen LogP contribution >= 0.6 is 11.6 Å². The van der Waals surface area contributed by atoms with Gasteiger partial charge in [-0.05, 0) is 43.1 Å². The average Bonchev–Trinajstić information content (AvgIpc) is 2.27. The van der Waals surface area contributed by atoms with Crippen molar-refractivity contribution in [3.63, 3.8) is 0 Å². The minimum absolute atomic E-state index is 0.644. The highest BCUT2D eigenvalue weighted by atomic mass is 35.5. The van der Waals surface area contributed by atoms with E-state index in [1.807, 2.05) is 24.3 Å². The fraction of sp³-hybridized carbons (Fsp3) is 0.571. The predicted octanol–water partition coefficient (Wildman–Crippen LogP) is 3.49. The Morgan fingerprint density at radius 2 is 2.18 bits per heavy atom. The molecule has 96 valence electrons. The molecule has 0 aliphatic heterocycles. The summed E-state index contributed by atoms with van der Waals surface area (Å²) in [7, 11) is 0. The lowest BCUT2D eigenvalue weighted by molar-refractivity contribution is 0.118. The molecular formula is C14H22ClNO. The summed E-state index contributed by atoms with van der Waals surface area (Å²) in [6, 6.07) is 7.80. The average molecular weight is 256 g/mol. The summed E-state index contributed by atoms with van der Waals surface area (Å²) in [4.78, 5) is 0. The molecule has 1 N–H and O–H groups in total. The van der Waals surface area contributed by atoms with E-state index in [9.17, 15) is 0 Å². The lowest BCUT2D eigenvalue weighted by Crippen LogP contribution is -2.21. The number of ether oxygens (including phenoxy) is 1. The number of hydrogen-bond acceptors (Lipinski definition) is 2. The van der Waals surface area contributed by atoms with Crippen LogP contribution in [0.25, 0.3) is 0 Å². The Balaban J connectivity index is 2.01. The molecule has 0 bridgehead atoms. The van der Waals surface area contributed by atoms with Gasteiger partial charge in [-0.2, -0.15) is 0 Å². The standard InChI is InChI=1S/C14H22ClNO/c1-12(2)10-16-7-4-8-17-11-13-5-3-6-14(15)9-13/h3,5-6,9,12,16H,4,7-8,10-11H2,1-2H3. The summed E-state index contributed by atoms with van der Waals surface area (Å²) < 4.78 is 5.58. The van der Waals surface area contributed by atoms with E-state index in [4.69, 9.17) is 16.3 Å². The molecule has 0 saturated heterocycles. The molecule has 0 aromatic heterocycles. The Labute approximate surface area is 109 Å². The number of rotatable bonds is 8. The van der Waals surface area contributed by atoms with E-state index in [1.165, 1.54) is 0 Å². The Hall–Kier alpha value is -0.570. The first-order chi connectivity index (χ1) is 8.18. The van der Waals surface area contributed by atoms with Crippen LogP contribution < -0.4 is 5.32 Å². The molecule has 0 radical (unpaired) electrons. The molecule has 3 heteroatoms. The van der Waals surface area contributed by atoms with Gasteiger partial charge in [0.25, 0.3) is 0 Å². The van der Waals surface area contributed by atoms with Gasteiger partial charge in [0.15, 0.2) is 0 Å². The van der Waals surface area contributed by atoms with Crippen molar-refractivity contribution < 1.29 is 4.74 Å². The quantitative estimate of drug-likeness (QED) is 0.718. The Morgan fingerprint density at radius 1 is 1.35 bits per heavy atom. The van der Waals surface area contributed by atoms with Gasteiger partial charge in [-0.15, -0.1) is 0 Å². The monoisotopic (exact) mass is 255 g/mol. The van der Waals surface area contributed by atoms with Crippen molar-refractivity contribution in [2.75, 3.05) is 19.7 Å². The Morgan fingerprint density at radius 3 is 2.88 bits per heavy atom. The van der Waals surface area contributed by atoms with Crippen LogP contribution in [0.1, 0.15) is 25.8 Å². The van der Waals surface area contributed by atoms with Crippen molar-refractivity contribution in [3.05, 3.63) is 34.9 Å². The molecule has 0 atom stereocenters. The van der Waals surface area contributed by atoms with Gasteiger partial charge < -0.3 is 10.1 Å². The SMILES string of the molecule is CC(C)CNCCCOCc1cccc(Cl)c1. The molecule has 2 nitrogen and oxygen atoms in total. The van der Waals surface area contributed by atoms with E-state index in [1.54, 1.807) is 0 Å². The molecular weight excluding hydrogens is 234 g/mol. The third-order valence-electron chi connectivity index (χ3n) is 2.35. The van der Waals surface area contributed by atoms with E-state index in [0.717, 1.165) is 36.7 Å². The highest BCUT2D eigenvalue weighted by Gasteiger charge is 1.95. The van der Waals surface area contributed by atoms with E-state index < -0.39 is 0 Å². The third kappa shape index (κ3) is 7.37. The van der Waals surface area contributed by atoms with Gasteiger partial charge in [0.2, 0.25) is 0 Å². The second-order valence-corrected chi connectivity index (χ2v) is 5.07. The molecule has 0 saturated carbocycles. The molecule has 0 unspecified atom stereocenters. The number of benzene rings is 1. The minimum Gasteiger partial charge on any atom is -0.377 e. The van der Waals surface area contributed by atoms with Crippen molar-refractivity contribution >= 4 is 11.6 Å². The van der Waals surface area contributed by atoms with Crippen LogP contribution in [0.15, 0.2) is 24.3 Å². The van der Waals surface area contributed by atoms with Crippen LogP contribution in [0.4, 0.5) is 0 Å². The van der Waals surface area contributed by atoms with E-state index in [2.05, 4.69) is 19.2 Å². The van der Waals surface area contributed by atoms with E-state index in [-0.39, 0.29) is 0 Å². The first kappa shape index (κ1) is 14.5. The van der Waals surface area contributed by atoms with Gasteiger partial charge >= 0.3 is 0 Å². The zero-order valence-electron chi connectivity index (χ0n) is 10.7. The maximum Gasteiger partial charge on any atom is 0.0717 e. The summed E-state index contributed by atoms with van der Waals surface area (Å²) >= 11 is 5.89. The largest absolute Gasteiger partial charge is 0.377 e. The van der Waals surface area contributed by atoms with Gasteiger partial charge in [0.1, 0.15) is 0 Å². The van der Waals surface area contributed by atoms with Crippen LogP contribution in [0.2, 0.25) is 5.02 Å². The third-order valence-corrected chi connectivity index (χ3v) is 2.59. The zero-order valence-corrected chi connectivity index (χ0v) is 11.5. The molecule has 1 aromatic carbocycles. The van der Waals surface area contributed by atoms with Gasteiger partial charge in [0.05, 0.1) is 6.61 Å². The van der Waals surface area contributed by atoms with Gasteiger partial charge in [0, 0.05) is 11.6 Å². The van der Waals surface area contributed by atoms with Crippen molar-refractivity contribution in [1.82, 2.24) is 5.32 Å². The molecule has 17 heavy (non-hydrogen) atoms. The maximum atomic E-state index is 5.89. The first-order valence-electron chi connectivity index (χ1n) is 6.21. The molecule has 0 aliphatic carbocycles. The number of hydrogen-bond donors (Lipinski definition) is 1.